The maximum absolute atomic E-state index is 9.14. The third-order valence-corrected chi connectivity index (χ3v) is 6.08. The van der Waals surface area contributed by atoms with Gasteiger partial charge in [0, 0.05) is 60.4 Å². The van der Waals surface area contributed by atoms with Crippen LogP contribution in [0.4, 0.5) is 5.69 Å². The Bertz CT molecular complexity index is 1210. The zero-order valence-corrected chi connectivity index (χ0v) is 17.4. The van der Waals surface area contributed by atoms with Gasteiger partial charge in [-0.3, -0.25) is 4.98 Å². The van der Waals surface area contributed by atoms with Crippen molar-refractivity contribution in [3.8, 4) is 17.3 Å². The summed E-state index contributed by atoms with van der Waals surface area (Å²) in [6, 6.07) is 23.5. The predicted molar refractivity (Wildman–Crippen MR) is 125 cm³/mol. The lowest BCUT2D eigenvalue weighted by Gasteiger charge is -2.34. The SMILES string of the molecule is N#Cc1ccc2[nH]c(-c3cccc(N4CCC(NCc5cccnc5)CC4)c3)cc2c1. The van der Waals surface area contributed by atoms with Crippen molar-refractivity contribution in [3.05, 3.63) is 84.2 Å². The van der Waals surface area contributed by atoms with E-state index < -0.39 is 0 Å². The first kappa shape index (κ1) is 19.3. The third-order valence-electron chi connectivity index (χ3n) is 6.08. The number of nitriles is 1. The molecule has 0 saturated carbocycles. The van der Waals surface area contributed by atoms with Crippen LogP contribution in [0.25, 0.3) is 22.2 Å². The molecule has 154 valence electrons. The Morgan fingerprint density at radius 2 is 1.97 bits per heavy atom. The first-order chi connectivity index (χ1) is 15.3. The number of benzene rings is 2. The molecular weight excluding hydrogens is 382 g/mol. The molecule has 5 nitrogen and oxygen atoms in total. The predicted octanol–water partition coefficient (Wildman–Crippen LogP) is 4.86. The van der Waals surface area contributed by atoms with Gasteiger partial charge in [0.1, 0.15) is 0 Å². The first-order valence-electron chi connectivity index (χ1n) is 10.8. The second-order valence-electron chi connectivity index (χ2n) is 8.15. The van der Waals surface area contributed by atoms with Gasteiger partial charge in [0.05, 0.1) is 11.6 Å². The maximum atomic E-state index is 9.14. The summed E-state index contributed by atoms with van der Waals surface area (Å²) in [5, 5.41) is 13.9. The molecule has 1 aliphatic heterocycles. The van der Waals surface area contributed by atoms with Gasteiger partial charge in [0.25, 0.3) is 0 Å². The molecule has 1 fully saturated rings. The number of nitrogens with zero attached hydrogens (tertiary/aromatic N) is 3. The quantitative estimate of drug-likeness (QED) is 0.496. The van der Waals surface area contributed by atoms with Crippen molar-refractivity contribution in [3.63, 3.8) is 0 Å². The molecular formula is C26H25N5. The number of nitrogens with one attached hydrogen (secondary N) is 2. The Labute approximate surface area is 182 Å². The van der Waals surface area contributed by atoms with Crippen LogP contribution in [0.3, 0.4) is 0 Å². The van der Waals surface area contributed by atoms with E-state index >= 15 is 0 Å². The van der Waals surface area contributed by atoms with Gasteiger partial charge < -0.3 is 15.2 Å². The van der Waals surface area contributed by atoms with Crippen molar-refractivity contribution < 1.29 is 0 Å². The van der Waals surface area contributed by atoms with Gasteiger partial charge in [-0.1, -0.05) is 18.2 Å². The van der Waals surface area contributed by atoms with Crippen molar-refractivity contribution in [1.29, 1.82) is 5.26 Å². The smallest absolute Gasteiger partial charge is 0.0991 e. The van der Waals surface area contributed by atoms with E-state index in [4.69, 9.17) is 5.26 Å². The number of hydrogen-bond donors (Lipinski definition) is 2. The Morgan fingerprint density at radius 1 is 1.06 bits per heavy atom. The van der Waals surface area contributed by atoms with E-state index in [1.807, 2.05) is 36.7 Å². The summed E-state index contributed by atoms with van der Waals surface area (Å²) in [5.74, 6) is 0. The van der Waals surface area contributed by atoms with E-state index in [9.17, 15) is 0 Å². The Morgan fingerprint density at radius 3 is 2.77 bits per heavy atom. The van der Waals surface area contributed by atoms with Gasteiger partial charge in [-0.2, -0.15) is 5.26 Å². The standard InChI is InChI=1S/C26H25N5/c27-16-19-6-7-25-22(13-19)15-26(30-25)21-4-1-5-24(14-21)31-11-8-23(9-12-31)29-18-20-3-2-10-28-17-20/h1-7,10,13-15,17,23,29-30H,8-9,11-12,18H2. The van der Waals surface area contributed by atoms with Crippen molar-refractivity contribution >= 4 is 16.6 Å². The molecule has 2 aromatic heterocycles. The second kappa shape index (κ2) is 8.63. The lowest BCUT2D eigenvalue weighted by atomic mass is 10.0. The monoisotopic (exact) mass is 407 g/mol. The van der Waals surface area contributed by atoms with Gasteiger partial charge in [-0.05, 0) is 66.4 Å². The highest BCUT2D eigenvalue weighted by Crippen LogP contribution is 2.29. The zero-order valence-electron chi connectivity index (χ0n) is 17.4. The summed E-state index contributed by atoms with van der Waals surface area (Å²) in [7, 11) is 0. The molecule has 0 spiro atoms. The fourth-order valence-electron chi connectivity index (χ4n) is 4.33. The van der Waals surface area contributed by atoms with Crippen LogP contribution in [0.2, 0.25) is 0 Å². The summed E-state index contributed by atoms with van der Waals surface area (Å²) in [5.41, 5.74) is 6.49. The number of anilines is 1. The van der Waals surface area contributed by atoms with Gasteiger partial charge in [0.15, 0.2) is 0 Å². The van der Waals surface area contributed by atoms with E-state index in [-0.39, 0.29) is 0 Å². The average Bonchev–Trinajstić information content (AvgIpc) is 3.27. The molecule has 5 heteroatoms. The minimum Gasteiger partial charge on any atom is -0.371 e. The van der Waals surface area contributed by atoms with E-state index in [2.05, 4.69) is 62.7 Å². The molecule has 0 aliphatic carbocycles. The highest BCUT2D eigenvalue weighted by molar-refractivity contribution is 5.87. The molecule has 1 aliphatic rings. The topological polar surface area (TPSA) is 67.7 Å². The normalized spacial score (nSPS) is 14.6. The van der Waals surface area contributed by atoms with Crippen molar-refractivity contribution in [1.82, 2.24) is 15.3 Å². The second-order valence-corrected chi connectivity index (χ2v) is 8.15. The van der Waals surface area contributed by atoms with Crippen LogP contribution in [-0.4, -0.2) is 29.1 Å². The van der Waals surface area contributed by atoms with Crippen LogP contribution in [0.15, 0.2) is 73.1 Å². The number of hydrogen-bond acceptors (Lipinski definition) is 4. The number of piperidine rings is 1. The lowest BCUT2D eigenvalue weighted by Crippen LogP contribution is -2.42. The van der Waals surface area contributed by atoms with E-state index in [1.165, 1.54) is 16.8 Å². The number of pyridine rings is 1. The average molecular weight is 408 g/mol. The van der Waals surface area contributed by atoms with Gasteiger partial charge >= 0.3 is 0 Å². The molecule has 0 radical (unpaired) electrons. The van der Waals surface area contributed by atoms with Crippen LogP contribution in [-0.2, 0) is 6.54 Å². The fraction of sp³-hybridized carbons (Fsp3) is 0.231. The highest BCUT2D eigenvalue weighted by Gasteiger charge is 2.19. The largest absolute Gasteiger partial charge is 0.371 e. The maximum Gasteiger partial charge on any atom is 0.0991 e. The molecule has 0 atom stereocenters. The molecule has 0 bridgehead atoms. The molecule has 4 aromatic rings. The molecule has 5 rings (SSSR count). The summed E-state index contributed by atoms with van der Waals surface area (Å²) < 4.78 is 0. The van der Waals surface area contributed by atoms with E-state index in [1.54, 1.807) is 0 Å². The highest BCUT2D eigenvalue weighted by atomic mass is 15.1. The van der Waals surface area contributed by atoms with Crippen molar-refractivity contribution in [2.24, 2.45) is 0 Å². The Kier molecular flexibility index (Phi) is 5.39. The Balaban J connectivity index is 1.25. The zero-order chi connectivity index (χ0) is 21.0. The van der Waals surface area contributed by atoms with Crippen LogP contribution in [0.1, 0.15) is 24.0 Å². The van der Waals surface area contributed by atoms with Gasteiger partial charge in [-0.15, -0.1) is 0 Å². The molecule has 3 heterocycles. The van der Waals surface area contributed by atoms with Crippen LogP contribution in [0, 0.1) is 11.3 Å². The summed E-state index contributed by atoms with van der Waals surface area (Å²) in [4.78, 5) is 10.2. The molecule has 2 N–H and O–H groups in total. The molecule has 31 heavy (non-hydrogen) atoms. The number of fused-ring (bicyclic) bond motifs is 1. The minimum absolute atomic E-state index is 0.544. The summed E-state index contributed by atoms with van der Waals surface area (Å²) in [6.07, 6.45) is 6.01. The van der Waals surface area contributed by atoms with Gasteiger partial charge in [0.2, 0.25) is 0 Å². The van der Waals surface area contributed by atoms with Crippen LogP contribution < -0.4 is 10.2 Å². The Hall–Kier alpha value is -3.62. The minimum atomic E-state index is 0.544. The number of aromatic nitrogens is 2. The fourth-order valence-corrected chi connectivity index (χ4v) is 4.33. The van der Waals surface area contributed by atoms with E-state index in [0.717, 1.165) is 49.1 Å². The van der Waals surface area contributed by atoms with Gasteiger partial charge in [-0.25, -0.2) is 0 Å². The molecule has 0 unspecified atom stereocenters. The van der Waals surface area contributed by atoms with Crippen LogP contribution >= 0.6 is 0 Å². The first-order valence-corrected chi connectivity index (χ1v) is 10.8. The van der Waals surface area contributed by atoms with E-state index in [0.29, 0.717) is 11.6 Å². The van der Waals surface area contributed by atoms with Crippen molar-refractivity contribution in [2.45, 2.75) is 25.4 Å². The molecule has 2 aromatic carbocycles. The number of aromatic amines is 1. The summed E-state index contributed by atoms with van der Waals surface area (Å²) >= 11 is 0. The van der Waals surface area contributed by atoms with Crippen molar-refractivity contribution in [2.75, 3.05) is 18.0 Å². The number of H-pyrrole nitrogens is 1. The van der Waals surface area contributed by atoms with Crippen LogP contribution in [0.5, 0.6) is 0 Å². The molecule has 1 saturated heterocycles. The summed E-state index contributed by atoms with van der Waals surface area (Å²) in [6.45, 7) is 2.97. The third kappa shape index (κ3) is 4.30. The lowest BCUT2D eigenvalue weighted by molar-refractivity contribution is 0.414. The molecule has 0 amide bonds. The number of rotatable bonds is 5.